The smallest absolute Gasteiger partial charge is 0.00766 e. The van der Waals surface area contributed by atoms with Crippen LogP contribution in [0.25, 0.3) is 0 Å². The molecule has 2 heteroatoms. The fourth-order valence-corrected chi connectivity index (χ4v) is 1.14. The zero-order valence-electron chi connectivity index (χ0n) is 8.82. The van der Waals surface area contributed by atoms with Crippen molar-refractivity contribution >= 4 is 0 Å². The van der Waals surface area contributed by atoms with Gasteiger partial charge in [0.05, 0.1) is 0 Å². The van der Waals surface area contributed by atoms with Gasteiger partial charge in [-0.15, -0.1) is 0 Å². The van der Waals surface area contributed by atoms with Crippen molar-refractivity contribution in [2.24, 2.45) is 5.92 Å². The van der Waals surface area contributed by atoms with Gasteiger partial charge in [-0.1, -0.05) is 26.7 Å². The Balaban J connectivity index is 2.82. The molecule has 0 unspecified atom stereocenters. The first kappa shape index (κ1) is 11.9. The number of unbranched alkanes of at least 4 members (excludes halogenated alkanes) is 1. The summed E-state index contributed by atoms with van der Waals surface area (Å²) in [7, 11) is 1.99. The summed E-state index contributed by atoms with van der Waals surface area (Å²) >= 11 is 0. The molecular weight excluding hydrogens is 148 g/mol. The summed E-state index contributed by atoms with van der Waals surface area (Å²) < 4.78 is 0. The first-order valence-electron chi connectivity index (χ1n) is 5.12. The number of nitrogens with one attached hydrogen (secondary N) is 2. The van der Waals surface area contributed by atoms with E-state index in [2.05, 4.69) is 24.5 Å². The Hall–Kier alpha value is -0.0800. The maximum Gasteiger partial charge on any atom is 0.00766 e. The quantitative estimate of drug-likeness (QED) is 0.544. The molecule has 0 aromatic rings. The van der Waals surface area contributed by atoms with Crippen molar-refractivity contribution in [3.8, 4) is 0 Å². The lowest BCUT2D eigenvalue weighted by Crippen LogP contribution is -2.25. The third-order valence-electron chi connectivity index (χ3n) is 1.94. The molecule has 12 heavy (non-hydrogen) atoms. The van der Waals surface area contributed by atoms with E-state index >= 15 is 0 Å². The summed E-state index contributed by atoms with van der Waals surface area (Å²) in [4.78, 5) is 0. The highest BCUT2D eigenvalue weighted by Gasteiger charge is 1.93. The summed E-state index contributed by atoms with van der Waals surface area (Å²) in [5.41, 5.74) is 0. The lowest BCUT2D eigenvalue weighted by atomic mass is 10.1. The van der Waals surface area contributed by atoms with Gasteiger partial charge in [-0.3, -0.25) is 0 Å². The molecule has 0 aromatic carbocycles. The number of rotatable bonds is 8. The molecule has 0 aliphatic rings. The molecule has 0 heterocycles. The van der Waals surface area contributed by atoms with E-state index in [1.165, 1.54) is 25.8 Å². The van der Waals surface area contributed by atoms with Gasteiger partial charge in [0.2, 0.25) is 0 Å². The Morgan fingerprint density at radius 1 is 1.00 bits per heavy atom. The summed E-state index contributed by atoms with van der Waals surface area (Å²) in [5, 5.41) is 6.51. The van der Waals surface area contributed by atoms with Gasteiger partial charge in [-0.2, -0.15) is 0 Å². The molecule has 0 aliphatic carbocycles. The highest BCUT2D eigenvalue weighted by atomic mass is 14.9. The van der Waals surface area contributed by atoms with Crippen LogP contribution in [-0.4, -0.2) is 26.7 Å². The van der Waals surface area contributed by atoms with Gasteiger partial charge in [0.15, 0.2) is 0 Å². The van der Waals surface area contributed by atoms with Crippen LogP contribution in [0.1, 0.15) is 33.1 Å². The van der Waals surface area contributed by atoms with Crippen LogP contribution in [-0.2, 0) is 0 Å². The molecular formula is C10H24N2. The fourth-order valence-electron chi connectivity index (χ4n) is 1.14. The van der Waals surface area contributed by atoms with Crippen molar-refractivity contribution in [2.75, 3.05) is 26.7 Å². The van der Waals surface area contributed by atoms with E-state index < -0.39 is 0 Å². The van der Waals surface area contributed by atoms with E-state index in [0.717, 1.165) is 19.0 Å². The molecule has 0 atom stereocenters. The average molecular weight is 172 g/mol. The van der Waals surface area contributed by atoms with Gasteiger partial charge in [-0.25, -0.2) is 0 Å². The van der Waals surface area contributed by atoms with Crippen LogP contribution in [0, 0.1) is 5.92 Å². The maximum atomic E-state index is 3.40. The summed E-state index contributed by atoms with van der Waals surface area (Å²) in [5.74, 6) is 0.863. The molecule has 0 spiro atoms. The molecule has 0 saturated carbocycles. The maximum absolute atomic E-state index is 3.40. The van der Waals surface area contributed by atoms with E-state index in [0.29, 0.717) is 0 Å². The van der Waals surface area contributed by atoms with Gasteiger partial charge in [0.1, 0.15) is 0 Å². The van der Waals surface area contributed by atoms with E-state index in [1.54, 1.807) is 0 Å². The van der Waals surface area contributed by atoms with Gasteiger partial charge in [0, 0.05) is 13.1 Å². The zero-order chi connectivity index (χ0) is 9.23. The van der Waals surface area contributed by atoms with E-state index in [4.69, 9.17) is 0 Å². The molecule has 0 bridgehead atoms. The van der Waals surface area contributed by atoms with E-state index in [-0.39, 0.29) is 0 Å². The first-order valence-corrected chi connectivity index (χ1v) is 5.12. The van der Waals surface area contributed by atoms with Gasteiger partial charge in [0.25, 0.3) is 0 Å². The Morgan fingerprint density at radius 2 is 1.75 bits per heavy atom. The second-order valence-electron chi connectivity index (χ2n) is 3.74. The highest BCUT2D eigenvalue weighted by Crippen LogP contribution is 2.04. The third kappa shape index (κ3) is 9.92. The fraction of sp³-hybridized carbons (Fsp3) is 1.00. The topological polar surface area (TPSA) is 24.1 Å². The SMILES string of the molecule is CNCCNCCCCC(C)C. The predicted octanol–water partition coefficient (Wildman–Crippen LogP) is 1.62. The van der Waals surface area contributed by atoms with Crippen molar-refractivity contribution < 1.29 is 0 Å². The van der Waals surface area contributed by atoms with Crippen LogP contribution in [0.3, 0.4) is 0 Å². The van der Waals surface area contributed by atoms with Crippen molar-refractivity contribution in [1.82, 2.24) is 10.6 Å². The molecule has 2 nitrogen and oxygen atoms in total. The minimum Gasteiger partial charge on any atom is -0.318 e. The largest absolute Gasteiger partial charge is 0.318 e. The van der Waals surface area contributed by atoms with Crippen molar-refractivity contribution in [3.63, 3.8) is 0 Å². The van der Waals surface area contributed by atoms with Crippen molar-refractivity contribution in [2.45, 2.75) is 33.1 Å². The van der Waals surface area contributed by atoms with Crippen molar-refractivity contribution in [1.29, 1.82) is 0 Å². The monoisotopic (exact) mass is 172 g/mol. The normalized spacial score (nSPS) is 11.0. The summed E-state index contributed by atoms with van der Waals surface area (Å²) in [6, 6.07) is 0. The van der Waals surface area contributed by atoms with Gasteiger partial charge in [-0.05, 0) is 25.9 Å². The van der Waals surface area contributed by atoms with Crippen LogP contribution in [0.15, 0.2) is 0 Å². The summed E-state index contributed by atoms with van der Waals surface area (Å²) in [6.45, 7) is 7.92. The van der Waals surface area contributed by atoms with Crippen LogP contribution < -0.4 is 10.6 Å². The molecule has 0 rings (SSSR count). The highest BCUT2D eigenvalue weighted by molar-refractivity contribution is 4.51. The number of hydrogen-bond donors (Lipinski definition) is 2. The lowest BCUT2D eigenvalue weighted by Gasteiger charge is -2.05. The van der Waals surface area contributed by atoms with Crippen LogP contribution in [0.4, 0.5) is 0 Å². The lowest BCUT2D eigenvalue weighted by molar-refractivity contribution is 0.519. The van der Waals surface area contributed by atoms with Crippen LogP contribution in [0.2, 0.25) is 0 Å². The Morgan fingerprint density at radius 3 is 2.33 bits per heavy atom. The van der Waals surface area contributed by atoms with Crippen molar-refractivity contribution in [3.05, 3.63) is 0 Å². The Labute approximate surface area is 77.1 Å². The zero-order valence-corrected chi connectivity index (χ0v) is 8.82. The Kier molecular flexibility index (Phi) is 8.95. The molecule has 0 radical (unpaired) electrons. The van der Waals surface area contributed by atoms with Gasteiger partial charge < -0.3 is 10.6 Å². The molecule has 74 valence electrons. The minimum atomic E-state index is 0.863. The summed E-state index contributed by atoms with van der Waals surface area (Å²) in [6.07, 6.45) is 4.06. The standard InChI is InChI=1S/C10H24N2/c1-10(2)6-4-5-7-12-9-8-11-3/h10-12H,4-9H2,1-3H3. The predicted molar refractivity (Wildman–Crippen MR) is 55.5 cm³/mol. The molecule has 0 aliphatic heterocycles. The second kappa shape index (κ2) is 9.01. The average Bonchev–Trinajstić information content (AvgIpc) is 2.02. The Bertz CT molecular complexity index is 81.9. The molecule has 2 N–H and O–H groups in total. The molecule has 0 saturated heterocycles. The van der Waals surface area contributed by atoms with Crippen LogP contribution in [0.5, 0.6) is 0 Å². The second-order valence-corrected chi connectivity index (χ2v) is 3.74. The van der Waals surface area contributed by atoms with E-state index in [1.807, 2.05) is 7.05 Å². The number of hydrogen-bond acceptors (Lipinski definition) is 2. The van der Waals surface area contributed by atoms with Crippen LogP contribution >= 0.6 is 0 Å². The van der Waals surface area contributed by atoms with Gasteiger partial charge >= 0.3 is 0 Å². The molecule has 0 fully saturated rings. The number of likely N-dealkylation sites (N-methyl/N-ethyl adjacent to an activating group) is 1. The van der Waals surface area contributed by atoms with E-state index in [9.17, 15) is 0 Å². The first-order chi connectivity index (χ1) is 5.77. The minimum absolute atomic E-state index is 0.863. The third-order valence-corrected chi connectivity index (χ3v) is 1.94. The molecule has 0 amide bonds. The molecule has 0 aromatic heterocycles.